The molecule has 78 valence electrons. The fourth-order valence-corrected chi connectivity index (χ4v) is 1.67. The van der Waals surface area contributed by atoms with E-state index in [0.717, 1.165) is 6.42 Å². The van der Waals surface area contributed by atoms with Crippen molar-refractivity contribution in [2.45, 2.75) is 39.2 Å². The maximum atomic E-state index is 9.94. The molecule has 0 aliphatic heterocycles. The van der Waals surface area contributed by atoms with E-state index < -0.39 is 0 Å². The average molecular weight is 192 g/mol. The van der Waals surface area contributed by atoms with Gasteiger partial charge in [0.2, 0.25) is 0 Å². The summed E-state index contributed by atoms with van der Waals surface area (Å²) in [5.74, 6) is 0.787. The summed E-state index contributed by atoms with van der Waals surface area (Å²) in [6.45, 7) is 6.37. The largest absolute Gasteiger partial charge is 0.392 e. The van der Waals surface area contributed by atoms with Gasteiger partial charge in [-0.2, -0.15) is 0 Å². The van der Waals surface area contributed by atoms with E-state index in [2.05, 4.69) is 32.9 Å². The molecule has 0 aromatic heterocycles. The first-order valence-electron chi connectivity index (χ1n) is 5.34. The van der Waals surface area contributed by atoms with Crippen molar-refractivity contribution in [1.82, 2.24) is 0 Å². The standard InChI is InChI=1S/C13H20O/c1-10(2)9-13(14)11(3)12-7-5-4-6-8-12/h4-8,10-11,13-14H,9H2,1-3H3. The molecule has 14 heavy (non-hydrogen) atoms. The maximum Gasteiger partial charge on any atom is 0.0608 e. The lowest BCUT2D eigenvalue weighted by molar-refractivity contribution is 0.125. The van der Waals surface area contributed by atoms with E-state index in [1.54, 1.807) is 0 Å². The SMILES string of the molecule is CC(C)CC(O)C(C)c1ccccc1. The Labute approximate surface area is 86.8 Å². The van der Waals surface area contributed by atoms with Gasteiger partial charge in [0.15, 0.2) is 0 Å². The van der Waals surface area contributed by atoms with Crippen LogP contribution in [0.5, 0.6) is 0 Å². The van der Waals surface area contributed by atoms with Crippen molar-refractivity contribution >= 4 is 0 Å². The second-order valence-electron chi connectivity index (χ2n) is 4.40. The highest BCUT2D eigenvalue weighted by molar-refractivity contribution is 5.19. The second kappa shape index (κ2) is 5.16. The molecule has 0 aliphatic carbocycles. The minimum Gasteiger partial charge on any atom is -0.392 e. The van der Waals surface area contributed by atoms with Crippen LogP contribution in [0.2, 0.25) is 0 Å². The molecule has 0 saturated carbocycles. The smallest absolute Gasteiger partial charge is 0.0608 e. The fourth-order valence-electron chi connectivity index (χ4n) is 1.67. The zero-order valence-electron chi connectivity index (χ0n) is 9.27. The molecule has 0 amide bonds. The van der Waals surface area contributed by atoms with Crippen molar-refractivity contribution in [2.24, 2.45) is 5.92 Å². The first-order valence-corrected chi connectivity index (χ1v) is 5.34. The van der Waals surface area contributed by atoms with Crippen molar-refractivity contribution in [3.63, 3.8) is 0 Å². The molecule has 0 saturated heterocycles. The monoisotopic (exact) mass is 192 g/mol. The topological polar surface area (TPSA) is 20.2 Å². The lowest BCUT2D eigenvalue weighted by Crippen LogP contribution is -2.17. The normalized spacial score (nSPS) is 15.5. The van der Waals surface area contributed by atoms with Crippen LogP contribution in [0.15, 0.2) is 30.3 Å². The van der Waals surface area contributed by atoms with E-state index in [0.29, 0.717) is 5.92 Å². The molecule has 0 radical (unpaired) electrons. The van der Waals surface area contributed by atoms with Crippen molar-refractivity contribution < 1.29 is 5.11 Å². The Morgan fingerprint density at radius 2 is 1.64 bits per heavy atom. The van der Waals surface area contributed by atoms with Crippen LogP contribution in [-0.2, 0) is 0 Å². The number of aliphatic hydroxyl groups is 1. The summed E-state index contributed by atoms with van der Waals surface area (Å²) < 4.78 is 0. The van der Waals surface area contributed by atoms with Crippen molar-refractivity contribution in [2.75, 3.05) is 0 Å². The Morgan fingerprint density at radius 1 is 1.07 bits per heavy atom. The first-order chi connectivity index (χ1) is 6.61. The number of rotatable bonds is 4. The van der Waals surface area contributed by atoms with Gasteiger partial charge in [-0.3, -0.25) is 0 Å². The van der Waals surface area contributed by atoms with E-state index in [9.17, 15) is 5.11 Å². The Morgan fingerprint density at radius 3 is 2.14 bits per heavy atom. The molecule has 1 aromatic rings. The third-order valence-corrected chi connectivity index (χ3v) is 2.62. The molecule has 0 bridgehead atoms. The third kappa shape index (κ3) is 3.15. The van der Waals surface area contributed by atoms with Crippen LogP contribution in [0.25, 0.3) is 0 Å². The van der Waals surface area contributed by atoms with Crippen LogP contribution < -0.4 is 0 Å². The van der Waals surface area contributed by atoms with Crippen LogP contribution >= 0.6 is 0 Å². The first kappa shape index (κ1) is 11.3. The third-order valence-electron chi connectivity index (χ3n) is 2.62. The number of hydrogen-bond donors (Lipinski definition) is 1. The molecular weight excluding hydrogens is 172 g/mol. The lowest BCUT2D eigenvalue weighted by atomic mass is 9.90. The van der Waals surface area contributed by atoms with Crippen molar-refractivity contribution in [3.8, 4) is 0 Å². The van der Waals surface area contributed by atoms with E-state index in [1.807, 2.05) is 18.2 Å². The fraction of sp³-hybridized carbons (Fsp3) is 0.538. The van der Waals surface area contributed by atoms with Gasteiger partial charge in [0.25, 0.3) is 0 Å². The van der Waals surface area contributed by atoms with Crippen molar-refractivity contribution in [3.05, 3.63) is 35.9 Å². The van der Waals surface area contributed by atoms with Crippen LogP contribution in [0, 0.1) is 5.92 Å². The van der Waals surface area contributed by atoms with Crippen LogP contribution in [0.1, 0.15) is 38.7 Å². The van der Waals surface area contributed by atoms with Crippen LogP contribution in [0.3, 0.4) is 0 Å². The molecule has 2 atom stereocenters. The summed E-state index contributed by atoms with van der Waals surface area (Å²) in [6, 6.07) is 10.2. The zero-order chi connectivity index (χ0) is 10.6. The number of aliphatic hydroxyl groups excluding tert-OH is 1. The molecule has 0 fully saturated rings. The van der Waals surface area contributed by atoms with E-state index >= 15 is 0 Å². The Bertz CT molecular complexity index is 253. The van der Waals surface area contributed by atoms with Gasteiger partial charge in [-0.1, -0.05) is 51.1 Å². The van der Waals surface area contributed by atoms with Gasteiger partial charge in [0.05, 0.1) is 6.10 Å². The summed E-state index contributed by atoms with van der Waals surface area (Å²) >= 11 is 0. The summed E-state index contributed by atoms with van der Waals surface area (Å²) in [4.78, 5) is 0. The quantitative estimate of drug-likeness (QED) is 0.776. The predicted octanol–water partition coefficient (Wildman–Crippen LogP) is 3.20. The molecule has 0 heterocycles. The summed E-state index contributed by atoms with van der Waals surface area (Å²) in [6.07, 6.45) is 0.646. The average Bonchev–Trinajstić information content (AvgIpc) is 2.17. The Hall–Kier alpha value is -0.820. The highest BCUT2D eigenvalue weighted by Gasteiger charge is 2.16. The molecule has 0 aliphatic rings. The molecule has 1 N–H and O–H groups in total. The Balaban J connectivity index is 2.61. The van der Waals surface area contributed by atoms with Gasteiger partial charge < -0.3 is 5.11 Å². The van der Waals surface area contributed by atoms with E-state index in [1.165, 1.54) is 5.56 Å². The molecule has 1 aromatic carbocycles. The molecule has 2 unspecified atom stereocenters. The minimum absolute atomic E-state index is 0.225. The van der Waals surface area contributed by atoms with Gasteiger partial charge in [-0.25, -0.2) is 0 Å². The second-order valence-corrected chi connectivity index (χ2v) is 4.40. The number of benzene rings is 1. The minimum atomic E-state index is -0.225. The van der Waals surface area contributed by atoms with E-state index in [-0.39, 0.29) is 12.0 Å². The zero-order valence-corrected chi connectivity index (χ0v) is 9.27. The summed E-state index contributed by atoms with van der Waals surface area (Å²) in [5.41, 5.74) is 1.22. The molecular formula is C13H20O. The Kier molecular flexibility index (Phi) is 4.15. The van der Waals surface area contributed by atoms with Crippen LogP contribution in [-0.4, -0.2) is 11.2 Å². The van der Waals surface area contributed by atoms with Gasteiger partial charge in [0, 0.05) is 5.92 Å². The maximum absolute atomic E-state index is 9.94. The molecule has 0 spiro atoms. The highest BCUT2D eigenvalue weighted by Crippen LogP contribution is 2.22. The van der Waals surface area contributed by atoms with Crippen LogP contribution in [0.4, 0.5) is 0 Å². The molecule has 1 nitrogen and oxygen atoms in total. The van der Waals surface area contributed by atoms with Gasteiger partial charge in [0.1, 0.15) is 0 Å². The van der Waals surface area contributed by atoms with Crippen molar-refractivity contribution in [1.29, 1.82) is 0 Å². The van der Waals surface area contributed by atoms with Gasteiger partial charge in [-0.05, 0) is 17.9 Å². The predicted molar refractivity (Wildman–Crippen MR) is 60.3 cm³/mol. The lowest BCUT2D eigenvalue weighted by Gasteiger charge is -2.20. The number of hydrogen-bond acceptors (Lipinski definition) is 1. The van der Waals surface area contributed by atoms with Gasteiger partial charge >= 0.3 is 0 Å². The summed E-state index contributed by atoms with van der Waals surface area (Å²) in [7, 11) is 0. The summed E-state index contributed by atoms with van der Waals surface area (Å²) in [5, 5.41) is 9.94. The van der Waals surface area contributed by atoms with Gasteiger partial charge in [-0.15, -0.1) is 0 Å². The molecule has 1 heteroatoms. The molecule has 1 rings (SSSR count). The van der Waals surface area contributed by atoms with E-state index in [4.69, 9.17) is 0 Å². The highest BCUT2D eigenvalue weighted by atomic mass is 16.3.